The summed E-state index contributed by atoms with van der Waals surface area (Å²) in [6, 6.07) is 25.0. The van der Waals surface area contributed by atoms with Gasteiger partial charge in [0.1, 0.15) is 5.75 Å². The minimum Gasteiger partial charge on any atom is -0.481 e. The molecule has 0 saturated heterocycles. The van der Waals surface area contributed by atoms with Gasteiger partial charge < -0.3 is 15.0 Å². The number of benzene rings is 3. The maximum atomic E-state index is 13.5. The number of ether oxygens (including phenoxy) is 1. The number of aryl methyl sites for hydroxylation is 1. The fraction of sp³-hybridized carbons (Fsp3) is 0.259. The molecule has 5 heteroatoms. The van der Waals surface area contributed by atoms with E-state index in [9.17, 15) is 9.59 Å². The lowest BCUT2D eigenvalue weighted by atomic mass is 10.0. The second kappa shape index (κ2) is 10.6. The molecule has 0 aliphatic carbocycles. The Hall–Kier alpha value is -3.60. The summed E-state index contributed by atoms with van der Waals surface area (Å²) in [5, 5.41) is 2.81. The van der Waals surface area contributed by atoms with Gasteiger partial charge in [-0.2, -0.15) is 0 Å². The Morgan fingerprint density at radius 3 is 2.34 bits per heavy atom. The predicted molar refractivity (Wildman–Crippen MR) is 127 cm³/mol. The van der Waals surface area contributed by atoms with Crippen LogP contribution in [0.5, 0.6) is 5.75 Å². The standard InChI is InChI=1S/C27H30N2O3/c1-19-10-8-15-26(16-19)32-21(3)27(31)29(18-23-11-6-5-7-12-23)20(2)24-13-9-14-25(17-24)28-22(4)30/h5-17,20-21H,18H2,1-4H3,(H,28,30)/t20-,21-/m1/s1. The summed E-state index contributed by atoms with van der Waals surface area (Å²) in [5.41, 5.74) is 3.75. The van der Waals surface area contributed by atoms with E-state index >= 15 is 0 Å². The molecule has 0 saturated carbocycles. The van der Waals surface area contributed by atoms with Crippen LogP contribution in [-0.4, -0.2) is 22.8 Å². The molecule has 0 aliphatic rings. The molecule has 5 nitrogen and oxygen atoms in total. The summed E-state index contributed by atoms with van der Waals surface area (Å²) in [6.45, 7) is 7.69. The minimum absolute atomic E-state index is 0.104. The molecule has 1 N–H and O–H groups in total. The highest BCUT2D eigenvalue weighted by molar-refractivity contribution is 5.88. The third-order valence-electron chi connectivity index (χ3n) is 5.29. The van der Waals surface area contributed by atoms with Gasteiger partial charge in [-0.3, -0.25) is 9.59 Å². The number of amides is 2. The summed E-state index contributed by atoms with van der Waals surface area (Å²) in [6.07, 6.45) is -0.651. The minimum atomic E-state index is -0.651. The molecule has 2 amide bonds. The van der Waals surface area contributed by atoms with Crippen molar-refractivity contribution < 1.29 is 14.3 Å². The average molecular weight is 431 g/mol. The van der Waals surface area contributed by atoms with Crippen molar-refractivity contribution in [2.24, 2.45) is 0 Å². The van der Waals surface area contributed by atoms with Crippen LogP contribution in [0.1, 0.15) is 43.5 Å². The molecule has 3 aromatic rings. The van der Waals surface area contributed by atoms with E-state index in [1.165, 1.54) is 6.92 Å². The van der Waals surface area contributed by atoms with Crippen molar-refractivity contribution in [1.29, 1.82) is 0 Å². The number of nitrogens with zero attached hydrogens (tertiary/aromatic N) is 1. The third-order valence-corrected chi connectivity index (χ3v) is 5.29. The van der Waals surface area contributed by atoms with Gasteiger partial charge in [0.25, 0.3) is 5.91 Å². The number of carbonyl (C=O) groups excluding carboxylic acids is 2. The lowest BCUT2D eigenvalue weighted by molar-refractivity contribution is -0.141. The fourth-order valence-electron chi connectivity index (χ4n) is 3.62. The molecule has 2 atom stereocenters. The molecule has 0 heterocycles. The van der Waals surface area contributed by atoms with Crippen LogP contribution in [0.4, 0.5) is 5.69 Å². The Morgan fingerprint density at radius 2 is 1.66 bits per heavy atom. The van der Waals surface area contributed by atoms with E-state index in [0.717, 1.165) is 16.7 Å². The number of rotatable bonds is 8. The molecule has 32 heavy (non-hydrogen) atoms. The Morgan fingerprint density at radius 1 is 0.938 bits per heavy atom. The first-order chi connectivity index (χ1) is 15.3. The summed E-state index contributed by atoms with van der Waals surface area (Å²) in [7, 11) is 0. The van der Waals surface area contributed by atoms with Gasteiger partial charge in [-0.25, -0.2) is 0 Å². The number of hydrogen-bond donors (Lipinski definition) is 1. The van der Waals surface area contributed by atoms with Crippen LogP contribution in [-0.2, 0) is 16.1 Å². The Kier molecular flexibility index (Phi) is 7.66. The van der Waals surface area contributed by atoms with Crippen molar-refractivity contribution in [2.75, 3.05) is 5.32 Å². The van der Waals surface area contributed by atoms with E-state index in [1.807, 2.05) is 97.6 Å². The zero-order chi connectivity index (χ0) is 23.1. The maximum Gasteiger partial charge on any atom is 0.264 e. The van der Waals surface area contributed by atoms with Crippen molar-refractivity contribution in [3.63, 3.8) is 0 Å². The highest BCUT2D eigenvalue weighted by Crippen LogP contribution is 2.26. The van der Waals surface area contributed by atoms with E-state index in [1.54, 1.807) is 6.92 Å². The number of nitrogens with one attached hydrogen (secondary N) is 1. The van der Waals surface area contributed by atoms with Gasteiger partial charge in [-0.15, -0.1) is 0 Å². The smallest absolute Gasteiger partial charge is 0.264 e. The Bertz CT molecular complexity index is 1070. The van der Waals surface area contributed by atoms with Gasteiger partial charge in [0.05, 0.1) is 6.04 Å². The molecule has 0 aliphatic heterocycles. The van der Waals surface area contributed by atoms with Crippen LogP contribution in [0.25, 0.3) is 0 Å². The van der Waals surface area contributed by atoms with Crippen molar-refractivity contribution in [3.05, 3.63) is 95.6 Å². The van der Waals surface area contributed by atoms with Gasteiger partial charge in [0.2, 0.25) is 5.91 Å². The topological polar surface area (TPSA) is 58.6 Å². The molecule has 0 unspecified atom stereocenters. The zero-order valence-electron chi connectivity index (χ0n) is 19.0. The summed E-state index contributed by atoms with van der Waals surface area (Å²) < 4.78 is 5.99. The van der Waals surface area contributed by atoms with Crippen molar-refractivity contribution in [1.82, 2.24) is 4.90 Å². The molecule has 0 fully saturated rings. The fourth-order valence-corrected chi connectivity index (χ4v) is 3.62. The monoisotopic (exact) mass is 430 g/mol. The van der Waals surface area contributed by atoms with E-state index in [4.69, 9.17) is 4.74 Å². The number of hydrogen-bond acceptors (Lipinski definition) is 3. The van der Waals surface area contributed by atoms with Gasteiger partial charge in [-0.05, 0) is 61.7 Å². The first kappa shape index (κ1) is 23.1. The van der Waals surface area contributed by atoms with Gasteiger partial charge in [0, 0.05) is 19.2 Å². The van der Waals surface area contributed by atoms with E-state index in [2.05, 4.69) is 5.32 Å². The second-order valence-corrected chi connectivity index (χ2v) is 8.01. The number of anilines is 1. The van der Waals surface area contributed by atoms with E-state index in [0.29, 0.717) is 18.0 Å². The Balaban J connectivity index is 1.87. The molecule has 3 aromatic carbocycles. The molecular formula is C27H30N2O3. The SMILES string of the molecule is CC(=O)Nc1cccc([C@@H](C)N(Cc2ccccc2)C(=O)[C@@H](C)Oc2cccc(C)c2)c1. The largest absolute Gasteiger partial charge is 0.481 e. The van der Waals surface area contributed by atoms with Gasteiger partial charge >= 0.3 is 0 Å². The number of carbonyl (C=O) groups is 2. The quantitative estimate of drug-likeness (QED) is 0.513. The molecule has 0 radical (unpaired) electrons. The first-order valence-electron chi connectivity index (χ1n) is 10.8. The maximum absolute atomic E-state index is 13.5. The van der Waals surface area contributed by atoms with Crippen LogP contribution < -0.4 is 10.1 Å². The lowest BCUT2D eigenvalue weighted by Gasteiger charge is -2.32. The van der Waals surface area contributed by atoms with E-state index in [-0.39, 0.29) is 17.9 Å². The molecule has 0 bridgehead atoms. The average Bonchev–Trinajstić information content (AvgIpc) is 2.77. The second-order valence-electron chi connectivity index (χ2n) is 8.01. The van der Waals surface area contributed by atoms with Crippen LogP contribution in [0, 0.1) is 6.92 Å². The third kappa shape index (κ3) is 6.20. The van der Waals surface area contributed by atoms with Crippen molar-refractivity contribution in [3.8, 4) is 5.75 Å². The molecule has 0 spiro atoms. The normalized spacial score (nSPS) is 12.5. The summed E-state index contributed by atoms with van der Waals surface area (Å²) >= 11 is 0. The highest BCUT2D eigenvalue weighted by Gasteiger charge is 2.27. The van der Waals surface area contributed by atoms with Crippen LogP contribution in [0.3, 0.4) is 0 Å². The first-order valence-corrected chi connectivity index (χ1v) is 10.8. The Labute approximate surface area is 190 Å². The zero-order valence-corrected chi connectivity index (χ0v) is 19.0. The highest BCUT2D eigenvalue weighted by atomic mass is 16.5. The molecule has 3 rings (SSSR count). The van der Waals surface area contributed by atoms with Crippen LogP contribution in [0.2, 0.25) is 0 Å². The molecular weight excluding hydrogens is 400 g/mol. The molecule has 0 aromatic heterocycles. The van der Waals surface area contributed by atoms with Gasteiger partial charge in [-0.1, -0.05) is 54.6 Å². The predicted octanol–water partition coefficient (Wildman–Crippen LogP) is 5.51. The summed E-state index contributed by atoms with van der Waals surface area (Å²) in [4.78, 5) is 26.8. The van der Waals surface area contributed by atoms with Crippen molar-refractivity contribution in [2.45, 2.75) is 46.4 Å². The molecule has 166 valence electrons. The van der Waals surface area contributed by atoms with Crippen LogP contribution >= 0.6 is 0 Å². The summed E-state index contributed by atoms with van der Waals surface area (Å²) in [5.74, 6) is 0.436. The lowest BCUT2D eigenvalue weighted by Crippen LogP contribution is -2.41. The van der Waals surface area contributed by atoms with Gasteiger partial charge in [0.15, 0.2) is 6.10 Å². The van der Waals surface area contributed by atoms with E-state index < -0.39 is 6.10 Å². The van der Waals surface area contributed by atoms with Crippen molar-refractivity contribution >= 4 is 17.5 Å². The van der Waals surface area contributed by atoms with Crippen LogP contribution in [0.15, 0.2) is 78.9 Å².